The number of aromatic amines is 1. The molecular weight excluding hydrogens is 334 g/mol. The summed E-state index contributed by atoms with van der Waals surface area (Å²) in [5.74, 6) is 0. The summed E-state index contributed by atoms with van der Waals surface area (Å²) in [4.78, 5) is 3.17. The molecule has 0 spiro atoms. The summed E-state index contributed by atoms with van der Waals surface area (Å²) in [5, 5.41) is 9.05. The number of nitrogens with one attached hydrogen (secondary N) is 1. The van der Waals surface area contributed by atoms with E-state index in [0.717, 1.165) is 21.2 Å². The zero-order valence-corrected chi connectivity index (χ0v) is 13.0. The van der Waals surface area contributed by atoms with Crippen LogP contribution in [0.2, 0.25) is 0 Å². The lowest BCUT2D eigenvalue weighted by atomic mass is 10.2. The fourth-order valence-electron chi connectivity index (χ4n) is 2.20. The minimum atomic E-state index is 0.611. The molecule has 2 aromatic carbocycles. The Kier molecular flexibility index (Phi) is 3.20. The van der Waals surface area contributed by atoms with Gasteiger partial charge in [0.15, 0.2) is 4.77 Å². The largest absolute Gasteiger partial charge is 0.330 e. The maximum Gasteiger partial charge on any atom is 0.182 e. The number of nitriles is 1. The lowest BCUT2D eigenvalue weighted by Crippen LogP contribution is -1.96. The summed E-state index contributed by atoms with van der Waals surface area (Å²) in [5.41, 5.74) is 4.57. The first-order valence-electron chi connectivity index (χ1n) is 6.01. The van der Waals surface area contributed by atoms with Gasteiger partial charge >= 0.3 is 0 Å². The van der Waals surface area contributed by atoms with E-state index in [9.17, 15) is 0 Å². The van der Waals surface area contributed by atoms with Crippen molar-refractivity contribution in [1.82, 2.24) is 9.55 Å². The van der Waals surface area contributed by atoms with Crippen molar-refractivity contribution in [3.63, 3.8) is 0 Å². The third kappa shape index (κ3) is 2.07. The van der Waals surface area contributed by atoms with Crippen LogP contribution in [-0.2, 0) is 0 Å². The SMILES string of the molecule is Cc1ccc(-n2c(=S)[nH]c3ccc(C#N)cc32)c(Br)c1. The zero-order chi connectivity index (χ0) is 14.3. The second-order valence-corrected chi connectivity index (χ2v) is 5.81. The molecule has 3 aromatic rings. The van der Waals surface area contributed by atoms with E-state index in [-0.39, 0.29) is 0 Å². The Bertz CT molecular complexity index is 915. The van der Waals surface area contributed by atoms with E-state index >= 15 is 0 Å². The topological polar surface area (TPSA) is 44.5 Å². The Morgan fingerprint density at radius 2 is 2.05 bits per heavy atom. The van der Waals surface area contributed by atoms with Crippen molar-refractivity contribution in [3.8, 4) is 11.8 Å². The lowest BCUT2D eigenvalue weighted by Gasteiger charge is -2.08. The molecule has 0 aliphatic heterocycles. The monoisotopic (exact) mass is 343 g/mol. The quantitative estimate of drug-likeness (QED) is 0.654. The number of nitrogens with zero attached hydrogens (tertiary/aromatic N) is 2. The normalized spacial score (nSPS) is 10.7. The highest BCUT2D eigenvalue weighted by atomic mass is 79.9. The zero-order valence-electron chi connectivity index (χ0n) is 10.6. The molecule has 0 radical (unpaired) electrons. The number of aromatic nitrogens is 2. The average molecular weight is 344 g/mol. The molecule has 0 aliphatic carbocycles. The molecule has 98 valence electrons. The first kappa shape index (κ1) is 13.1. The fourth-order valence-corrected chi connectivity index (χ4v) is 3.18. The molecule has 0 saturated carbocycles. The number of rotatable bonds is 1. The van der Waals surface area contributed by atoms with E-state index in [1.54, 1.807) is 6.07 Å². The molecule has 0 atom stereocenters. The molecule has 3 rings (SSSR count). The molecule has 0 bridgehead atoms. The molecule has 1 heterocycles. The highest BCUT2D eigenvalue weighted by Crippen LogP contribution is 2.27. The van der Waals surface area contributed by atoms with Crippen LogP contribution in [0, 0.1) is 23.0 Å². The number of fused-ring (bicyclic) bond motifs is 1. The van der Waals surface area contributed by atoms with Gasteiger partial charge in [-0.2, -0.15) is 5.26 Å². The Labute approximate surface area is 129 Å². The third-order valence-corrected chi connectivity index (χ3v) is 4.08. The molecule has 0 saturated heterocycles. The lowest BCUT2D eigenvalue weighted by molar-refractivity contribution is 1.05. The van der Waals surface area contributed by atoms with Gasteiger partial charge in [-0.05, 0) is 71.0 Å². The van der Waals surface area contributed by atoms with E-state index in [1.165, 1.54) is 5.56 Å². The summed E-state index contributed by atoms with van der Waals surface area (Å²) in [7, 11) is 0. The van der Waals surface area contributed by atoms with Gasteiger partial charge in [-0.3, -0.25) is 4.57 Å². The molecule has 0 fully saturated rings. The van der Waals surface area contributed by atoms with E-state index in [1.807, 2.05) is 41.8 Å². The maximum absolute atomic E-state index is 9.05. The Hall–Kier alpha value is -1.90. The highest BCUT2D eigenvalue weighted by Gasteiger charge is 2.10. The molecule has 1 N–H and O–H groups in total. The van der Waals surface area contributed by atoms with Gasteiger partial charge in [-0.25, -0.2) is 0 Å². The van der Waals surface area contributed by atoms with Crippen LogP contribution in [0.15, 0.2) is 40.9 Å². The Morgan fingerprint density at radius 3 is 2.75 bits per heavy atom. The van der Waals surface area contributed by atoms with E-state index in [0.29, 0.717) is 10.3 Å². The smallest absolute Gasteiger partial charge is 0.182 e. The van der Waals surface area contributed by atoms with Crippen LogP contribution in [0.5, 0.6) is 0 Å². The van der Waals surface area contributed by atoms with Gasteiger partial charge in [0.2, 0.25) is 0 Å². The van der Waals surface area contributed by atoms with Crippen molar-refractivity contribution in [2.75, 3.05) is 0 Å². The number of hydrogen-bond donors (Lipinski definition) is 1. The number of aryl methyl sites for hydroxylation is 1. The standard InChI is InChI=1S/C15H10BrN3S/c1-9-2-5-13(11(16)6-9)19-14-7-10(8-17)3-4-12(14)18-15(19)20/h2-7H,1H3,(H,18,20). The molecular formula is C15H10BrN3S. The summed E-state index contributed by atoms with van der Waals surface area (Å²) >= 11 is 8.99. The number of H-pyrrole nitrogens is 1. The van der Waals surface area contributed by atoms with Crippen LogP contribution < -0.4 is 0 Å². The first-order chi connectivity index (χ1) is 9.60. The summed E-state index contributed by atoms with van der Waals surface area (Å²) in [6.07, 6.45) is 0. The van der Waals surface area contributed by atoms with Gasteiger partial charge in [-0.15, -0.1) is 0 Å². The highest BCUT2D eigenvalue weighted by molar-refractivity contribution is 9.10. The van der Waals surface area contributed by atoms with Gasteiger partial charge in [0.25, 0.3) is 0 Å². The Balaban J connectivity index is 2.38. The third-order valence-electron chi connectivity index (χ3n) is 3.16. The second-order valence-electron chi connectivity index (χ2n) is 4.56. The molecule has 20 heavy (non-hydrogen) atoms. The first-order valence-corrected chi connectivity index (χ1v) is 7.21. The average Bonchev–Trinajstić information content (AvgIpc) is 2.74. The van der Waals surface area contributed by atoms with E-state index in [4.69, 9.17) is 17.5 Å². The van der Waals surface area contributed by atoms with Gasteiger partial charge in [0.1, 0.15) is 0 Å². The summed E-state index contributed by atoms with van der Waals surface area (Å²) in [6, 6.07) is 13.8. The predicted octanol–water partition coefficient (Wildman–Crippen LogP) is 4.63. The number of imidazole rings is 1. The van der Waals surface area contributed by atoms with Crippen molar-refractivity contribution >= 4 is 39.2 Å². The summed E-state index contributed by atoms with van der Waals surface area (Å²) in [6.45, 7) is 2.04. The number of benzene rings is 2. The van der Waals surface area contributed by atoms with Crippen molar-refractivity contribution < 1.29 is 0 Å². The fraction of sp³-hybridized carbons (Fsp3) is 0.0667. The van der Waals surface area contributed by atoms with Crippen LogP contribution in [-0.4, -0.2) is 9.55 Å². The minimum Gasteiger partial charge on any atom is -0.330 e. The molecule has 0 aliphatic rings. The van der Waals surface area contributed by atoms with E-state index in [2.05, 4.69) is 27.0 Å². The van der Waals surface area contributed by atoms with Crippen LogP contribution >= 0.6 is 28.1 Å². The molecule has 1 aromatic heterocycles. The maximum atomic E-state index is 9.05. The minimum absolute atomic E-state index is 0.611. The van der Waals surface area contributed by atoms with Crippen LogP contribution in [0.1, 0.15) is 11.1 Å². The Morgan fingerprint density at radius 1 is 1.25 bits per heavy atom. The van der Waals surface area contributed by atoms with E-state index < -0.39 is 0 Å². The predicted molar refractivity (Wildman–Crippen MR) is 85.6 cm³/mol. The molecule has 0 amide bonds. The summed E-state index contributed by atoms with van der Waals surface area (Å²) < 4.78 is 3.52. The molecule has 3 nitrogen and oxygen atoms in total. The van der Waals surface area contributed by atoms with Crippen molar-refractivity contribution in [1.29, 1.82) is 5.26 Å². The van der Waals surface area contributed by atoms with Gasteiger partial charge < -0.3 is 4.98 Å². The van der Waals surface area contributed by atoms with Gasteiger partial charge in [-0.1, -0.05) is 6.07 Å². The van der Waals surface area contributed by atoms with Crippen LogP contribution in [0.4, 0.5) is 0 Å². The van der Waals surface area contributed by atoms with Gasteiger partial charge in [0.05, 0.1) is 28.4 Å². The molecule has 5 heteroatoms. The van der Waals surface area contributed by atoms with Crippen molar-refractivity contribution in [2.24, 2.45) is 0 Å². The van der Waals surface area contributed by atoms with Crippen molar-refractivity contribution in [3.05, 3.63) is 56.8 Å². The number of hydrogen-bond acceptors (Lipinski definition) is 2. The second kappa shape index (κ2) is 4.89. The number of halogens is 1. The van der Waals surface area contributed by atoms with Crippen LogP contribution in [0.25, 0.3) is 16.7 Å². The van der Waals surface area contributed by atoms with Gasteiger partial charge in [0, 0.05) is 4.47 Å². The van der Waals surface area contributed by atoms with Crippen molar-refractivity contribution in [2.45, 2.75) is 6.92 Å². The molecule has 0 unspecified atom stereocenters. The van der Waals surface area contributed by atoms with Crippen LogP contribution in [0.3, 0.4) is 0 Å².